The van der Waals surface area contributed by atoms with Gasteiger partial charge in [-0.3, -0.25) is 0 Å². The Labute approximate surface area is 293 Å². The second kappa shape index (κ2) is 17.3. The quantitative estimate of drug-likeness (QED) is 0.186. The van der Waals surface area contributed by atoms with Crippen molar-refractivity contribution in [3.05, 3.63) is 161 Å². The van der Waals surface area contributed by atoms with Crippen LogP contribution in [0.2, 0.25) is 0 Å². The first-order valence-corrected chi connectivity index (χ1v) is 16.8. The maximum atomic E-state index is 3.67. The number of hydrogen-bond acceptors (Lipinski definition) is 0. The Bertz CT molecular complexity index is 1430. The first kappa shape index (κ1) is 37.7. The van der Waals surface area contributed by atoms with Crippen LogP contribution in [0.4, 0.5) is 0 Å². The number of rotatable bonds is 4. The summed E-state index contributed by atoms with van der Waals surface area (Å²) in [6.45, 7) is 13.6. The first-order valence-electron chi connectivity index (χ1n) is 15.0. The van der Waals surface area contributed by atoms with Crippen molar-refractivity contribution in [2.45, 2.75) is 71.6 Å². The standard InChI is InChI=1S/C21H25.C15H14.C5H5.2ClH.Hf/c1-20(2,3)16-7-9-18-14(12-16)11-15-13-17(21(4,5)6)8-10-19(15)18;1-3-8-14(9-4-1)12-7-13-15-10-5-2-6-11-15;1-2-4-5-3-1;;;/h7-10,12H,11H2,1-6H3;1-6,8-11H,12-13H2;1-5H;2*1H;/q-1;;-1;;;+2/p-2. The summed E-state index contributed by atoms with van der Waals surface area (Å²) in [7, 11) is 0. The van der Waals surface area contributed by atoms with E-state index in [0.29, 0.717) is 0 Å². The van der Waals surface area contributed by atoms with Gasteiger partial charge in [0, 0.05) is 0 Å². The summed E-state index contributed by atoms with van der Waals surface area (Å²) in [5.74, 6) is 0. The molecule has 1 aliphatic carbocycles. The minimum absolute atomic E-state index is 0. The van der Waals surface area contributed by atoms with Crippen LogP contribution in [0, 0.1) is 6.07 Å². The summed E-state index contributed by atoms with van der Waals surface area (Å²) in [5, 5.41) is 0. The fourth-order valence-corrected chi connectivity index (χ4v) is 6.56. The van der Waals surface area contributed by atoms with Crippen molar-refractivity contribution in [2.75, 3.05) is 0 Å². The fraction of sp³-hybridized carbons (Fsp3) is 0.268. The number of hydrogen-bond donors (Lipinski definition) is 0. The third kappa shape index (κ3) is 11.2. The summed E-state index contributed by atoms with van der Waals surface area (Å²) in [5.41, 5.74) is 11.6. The first-order chi connectivity index (χ1) is 20.0. The van der Waals surface area contributed by atoms with E-state index in [1.165, 1.54) is 68.4 Å². The molecular formula is C41H44Cl2Hf-2. The van der Waals surface area contributed by atoms with Crippen molar-refractivity contribution < 1.29 is 48.7 Å². The zero-order valence-corrected chi connectivity index (χ0v) is 32.0. The van der Waals surface area contributed by atoms with Crippen molar-refractivity contribution in [1.29, 1.82) is 0 Å². The molecular weight excluding hydrogens is 742 g/mol. The zero-order chi connectivity index (χ0) is 30.2. The van der Waals surface area contributed by atoms with Crippen LogP contribution in [0.1, 0.15) is 74.9 Å². The summed E-state index contributed by atoms with van der Waals surface area (Å²) >= 11 is 1.18. The molecule has 0 heterocycles. The molecule has 0 nitrogen and oxygen atoms in total. The van der Waals surface area contributed by atoms with Crippen molar-refractivity contribution >= 4 is 3.26 Å². The van der Waals surface area contributed by atoms with Crippen LogP contribution in [0.25, 0.3) is 11.1 Å². The Morgan fingerprint density at radius 2 is 1.18 bits per heavy atom. The van der Waals surface area contributed by atoms with E-state index < -0.39 is 0 Å². The Kier molecular flexibility index (Phi) is 14.8. The molecule has 5 aromatic carbocycles. The van der Waals surface area contributed by atoms with Gasteiger partial charge in [0.25, 0.3) is 0 Å². The van der Waals surface area contributed by atoms with E-state index >= 15 is 0 Å². The molecule has 0 radical (unpaired) electrons. The molecule has 44 heavy (non-hydrogen) atoms. The summed E-state index contributed by atoms with van der Waals surface area (Å²) < 4.78 is 1.65. The van der Waals surface area contributed by atoms with Gasteiger partial charge in [0.1, 0.15) is 0 Å². The molecule has 1 aliphatic rings. The number of benzene rings is 4. The topological polar surface area (TPSA) is 0 Å². The van der Waals surface area contributed by atoms with Gasteiger partial charge in [0.05, 0.1) is 0 Å². The van der Waals surface area contributed by atoms with Crippen LogP contribution in [0.15, 0.2) is 121 Å². The second-order valence-electron chi connectivity index (χ2n) is 13.2. The van der Waals surface area contributed by atoms with Crippen molar-refractivity contribution in [2.24, 2.45) is 0 Å². The van der Waals surface area contributed by atoms with Gasteiger partial charge in [0.2, 0.25) is 0 Å². The molecule has 0 fully saturated rings. The molecule has 0 spiro atoms. The van der Waals surface area contributed by atoms with Crippen LogP contribution in [-0.2, 0) is 54.0 Å². The van der Waals surface area contributed by atoms with Gasteiger partial charge < -0.3 is 24.8 Å². The molecule has 0 aromatic heterocycles. The second-order valence-corrected chi connectivity index (χ2v) is 15.7. The SMILES string of the molecule is CC(C)(C)c1[c-]c2c(cc1)-c1ccc(C(C)(C)C)cc1C2.[Cl-].[Cl-].[Hf+2]=[C](Cc1ccccc1)Cc1ccccc1.c1cc[cH-]c1. The molecule has 0 amide bonds. The van der Waals surface area contributed by atoms with Gasteiger partial charge in [-0.1, -0.05) is 65.3 Å². The predicted octanol–water partition coefficient (Wildman–Crippen LogP) is 4.26. The van der Waals surface area contributed by atoms with Gasteiger partial charge in [-0.25, -0.2) is 12.1 Å². The van der Waals surface area contributed by atoms with E-state index in [1.54, 1.807) is 3.26 Å². The predicted molar refractivity (Wildman–Crippen MR) is 178 cm³/mol. The van der Waals surface area contributed by atoms with Crippen LogP contribution in [0.3, 0.4) is 0 Å². The molecule has 228 valence electrons. The summed E-state index contributed by atoms with van der Waals surface area (Å²) in [4.78, 5) is 0. The third-order valence-electron chi connectivity index (χ3n) is 7.54. The summed E-state index contributed by atoms with van der Waals surface area (Å²) in [6, 6.07) is 46.6. The van der Waals surface area contributed by atoms with E-state index in [1.807, 2.05) is 30.3 Å². The third-order valence-corrected chi connectivity index (χ3v) is 8.81. The monoisotopic (exact) mass is 786 g/mol. The van der Waals surface area contributed by atoms with E-state index in [2.05, 4.69) is 139 Å². The molecule has 0 atom stereocenters. The van der Waals surface area contributed by atoms with Crippen LogP contribution in [0.5, 0.6) is 0 Å². The largest absolute Gasteiger partial charge is 0.214 e. The van der Waals surface area contributed by atoms with Crippen LogP contribution >= 0.6 is 0 Å². The Morgan fingerprint density at radius 1 is 0.659 bits per heavy atom. The van der Waals surface area contributed by atoms with E-state index in [0.717, 1.165) is 19.3 Å². The minimum Gasteiger partial charge on any atom is -0.214 e. The Hall–Kier alpha value is -2.45. The molecule has 0 unspecified atom stereocenters. The van der Waals surface area contributed by atoms with Crippen molar-refractivity contribution in [3.8, 4) is 11.1 Å². The van der Waals surface area contributed by atoms with Crippen LogP contribution in [-0.4, -0.2) is 3.26 Å². The molecule has 0 saturated carbocycles. The molecule has 3 heteroatoms. The molecule has 0 aliphatic heterocycles. The van der Waals surface area contributed by atoms with Gasteiger partial charge in [-0.15, -0.1) is 11.1 Å². The molecule has 5 aromatic rings. The minimum atomic E-state index is 0. The molecule has 0 bridgehead atoms. The van der Waals surface area contributed by atoms with E-state index in [9.17, 15) is 0 Å². The Balaban J connectivity index is 0.000000260. The number of fused-ring (bicyclic) bond motifs is 3. The summed E-state index contributed by atoms with van der Waals surface area (Å²) in [6.07, 6.45) is 3.31. The average Bonchev–Trinajstić information content (AvgIpc) is 3.65. The smallest absolute Gasteiger partial charge is 0.172 e. The van der Waals surface area contributed by atoms with Crippen LogP contribution < -0.4 is 24.8 Å². The van der Waals surface area contributed by atoms with E-state index in [-0.39, 0.29) is 35.6 Å². The van der Waals surface area contributed by atoms with Crippen molar-refractivity contribution in [3.63, 3.8) is 0 Å². The zero-order valence-electron chi connectivity index (χ0n) is 26.9. The van der Waals surface area contributed by atoms with Gasteiger partial charge in [-0.05, 0) is 28.4 Å². The van der Waals surface area contributed by atoms with Gasteiger partial charge in [-0.2, -0.15) is 42.0 Å². The molecule has 0 saturated heterocycles. The van der Waals surface area contributed by atoms with Gasteiger partial charge in [0.15, 0.2) is 0 Å². The fourth-order valence-electron chi connectivity index (χ4n) is 5.10. The van der Waals surface area contributed by atoms with Gasteiger partial charge >= 0.3 is 112 Å². The average molecular weight is 786 g/mol. The maximum Gasteiger partial charge on any atom is -0.172 e. The number of halogens is 2. The normalized spacial score (nSPS) is 11.3. The Morgan fingerprint density at radius 3 is 1.64 bits per heavy atom. The molecule has 0 N–H and O–H groups in total. The van der Waals surface area contributed by atoms with E-state index in [4.69, 9.17) is 0 Å². The van der Waals surface area contributed by atoms with Crippen molar-refractivity contribution in [1.82, 2.24) is 0 Å². The maximum absolute atomic E-state index is 3.67. The molecule has 6 rings (SSSR count).